The number of sulfone groups is 1. The van der Waals surface area contributed by atoms with Crippen LogP contribution < -0.4 is 4.74 Å². The number of nitrogens with zero attached hydrogens (tertiary/aromatic N) is 6. The lowest BCUT2D eigenvalue weighted by atomic mass is 10.1. The molecule has 0 spiro atoms. The second-order valence-corrected chi connectivity index (χ2v) is 10.9. The number of para-hydroxylation sites is 1. The van der Waals surface area contributed by atoms with Crippen molar-refractivity contribution in [3.05, 3.63) is 77.6 Å². The van der Waals surface area contributed by atoms with E-state index in [-0.39, 0.29) is 11.6 Å². The Kier molecular flexibility index (Phi) is 7.60. The molecule has 0 fully saturated rings. The maximum atomic E-state index is 13.6. The SMILES string of the molecule is COc1cccc(C)c1-n1c(CS(=O)(=O)[C@@H](C)[C@H](OC)c2ncc(F)cn2)nnc1-c1cncc(C)c1. The van der Waals surface area contributed by atoms with Crippen molar-refractivity contribution in [2.75, 3.05) is 14.2 Å². The smallest absolute Gasteiger partial charge is 0.170 e. The summed E-state index contributed by atoms with van der Waals surface area (Å²) in [5.41, 5.74) is 3.04. The molecule has 194 valence electrons. The van der Waals surface area contributed by atoms with Crippen LogP contribution in [0, 0.1) is 19.7 Å². The van der Waals surface area contributed by atoms with Crippen LogP contribution in [0.3, 0.4) is 0 Å². The van der Waals surface area contributed by atoms with Crippen molar-refractivity contribution < 1.29 is 22.3 Å². The molecule has 0 bridgehead atoms. The van der Waals surface area contributed by atoms with Gasteiger partial charge in [-0.25, -0.2) is 22.8 Å². The number of benzene rings is 1. The normalized spacial score (nSPS) is 13.4. The lowest BCUT2D eigenvalue weighted by molar-refractivity contribution is 0.0946. The lowest BCUT2D eigenvalue weighted by Crippen LogP contribution is -2.30. The maximum absolute atomic E-state index is 13.6. The molecule has 0 radical (unpaired) electrons. The van der Waals surface area contributed by atoms with Crippen molar-refractivity contribution in [3.8, 4) is 22.8 Å². The van der Waals surface area contributed by atoms with Crippen molar-refractivity contribution >= 4 is 9.84 Å². The van der Waals surface area contributed by atoms with Gasteiger partial charge in [0, 0.05) is 25.1 Å². The summed E-state index contributed by atoms with van der Waals surface area (Å²) in [6.45, 7) is 5.29. The first kappa shape index (κ1) is 26.3. The van der Waals surface area contributed by atoms with E-state index in [1.807, 2.05) is 32.0 Å². The number of hydrogen-bond donors (Lipinski definition) is 0. The van der Waals surface area contributed by atoms with Crippen LogP contribution in [0.2, 0.25) is 0 Å². The van der Waals surface area contributed by atoms with Crippen molar-refractivity contribution in [1.29, 1.82) is 0 Å². The number of pyridine rings is 1. The van der Waals surface area contributed by atoms with Crippen LogP contribution in [0.15, 0.2) is 49.1 Å². The summed E-state index contributed by atoms with van der Waals surface area (Å²) in [5.74, 6) is 0.112. The first-order valence-electron chi connectivity index (χ1n) is 11.4. The summed E-state index contributed by atoms with van der Waals surface area (Å²) in [6, 6.07) is 7.42. The zero-order chi connectivity index (χ0) is 26.7. The molecule has 2 atom stereocenters. The predicted octanol–water partition coefficient (Wildman–Crippen LogP) is 3.57. The zero-order valence-corrected chi connectivity index (χ0v) is 21.9. The monoisotopic (exact) mass is 526 g/mol. The molecule has 0 aliphatic carbocycles. The second kappa shape index (κ2) is 10.7. The molecule has 0 aliphatic rings. The molecule has 1 aromatic carbocycles. The van der Waals surface area contributed by atoms with Gasteiger partial charge < -0.3 is 9.47 Å². The van der Waals surface area contributed by atoms with Crippen LogP contribution in [-0.2, 0) is 20.3 Å². The number of halogens is 1. The van der Waals surface area contributed by atoms with E-state index >= 15 is 0 Å². The van der Waals surface area contributed by atoms with Gasteiger partial charge in [-0.3, -0.25) is 9.55 Å². The molecule has 0 saturated carbocycles. The third kappa shape index (κ3) is 5.35. The zero-order valence-electron chi connectivity index (χ0n) is 21.1. The first-order valence-corrected chi connectivity index (χ1v) is 13.1. The Morgan fingerprint density at radius 3 is 2.43 bits per heavy atom. The summed E-state index contributed by atoms with van der Waals surface area (Å²) < 4.78 is 53.3. The second-order valence-electron chi connectivity index (χ2n) is 8.58. The van der Waals surface area contributed by atoms with Crippen LogP contribution in [-0.4, -0.2) is 57.6 Å². The fourth-order valence-corrected chi connectivity index (χ4v) is 5.49. The number of ether oxygens (including phenoxy) is 2. The standard InChI is InChI=1S/C25H27FN6O4S/c1-15-9-18(11-27-10-15)25-31-30-21(32(25)22-16(2)7-6-8-20(22)35-4)14-37(33,34)17(3)23(36-5)24-28-12-19(26)13-29-24/h6-13,17,23H,14H2,1-5H3/t17-,23-/m0/s1. The van der Waals surface area contributed by atoms with Crippen LogP contribution in [0.25, 0.3) is 17.1 Å². The van der Waals surface area contributed by atoms with Gasteiger partial charge in [0.15, 0.2) is 33.1 Å². The molecule has 37 heavy (non-hydrogen) atoms. The van der Waals surface area contributed by atoms with Gasteiger partial charge in [0.05, 0.1) is 30.4 Å². The highest BCUT2D eigenvalue weighted by atomic mass is 32.2. The predicted molar refractivity (Wildman–Crippen MR) is 134 cm³/mol. The van der Waals surface area contributed by atoms with Gasteiger partial charge in [-0.15, -0.1) is 10.2 Å². The van der Waals surface area contributed by atoms with Crippen molar-refractivity contribution in [2.45, 2.75) is 37.9 Å². The molecular weight excluding hydrogens is 499 g/mol. The third-order valence-corrected chi connectivity index (χ3v) is 8.02. The Morgan fingerprint density at radius 2 is 1.78 bits per heavy atom. The summed E-state index contributed by atoms with van der Waals surface area (Å²) >= 11 is 0. The van der Waals surface area contributed by atoms with Gasteiger partial charge >= 0.3 is 0 Å². The minimum Gasteiger partial charge on any atom is -0.495 e. The summed E-state index contributed by atoms with van der Waals surface area (Å²) in [7, 11) is -1.00. The van der Waals surface area contributed by atoms with E-state index in [2.05, 4.69) is 25.1 Å². The molecular formula is C25H27FN6O4S. The molecule has 12 heteroatoms. The van der Waals surface area contributed by atoms with Gasteiger partial charge in [-0.05, 0) is 44.0 Å². The van der Waals surface area contributed by atoms with E-state index in [1.165, 1.54) is 14.0 Å². The topological polar surface area (TPSA) is 122 Å². The Hall–Kier alpha value is -3.77. The summed E-state index contributed by atoms with van der Waals surface area (Å²) in [6.07, 6.45) is 4.28. The Bertz CT molecular complexity index is 1510. The van der Waals surface area contributed by atoms with Gasteiger partial charge in [0.25, 0.3) is 0 Å². The number of aromatic nitrogens is 6. The molecule has 3 aromatic heterocycles. The molecule has 4 rings (SSSR count). The van der Waals surface area contributed by atoms with Gasteiger partial charge in [-0.2, -0.15) is 0 Å². The highest BCUT2D eigenvalue weighted by Crippen LogP contribution is 2.33. The molecule has 0 amide bonds. The fraction of sp³-hybridized carbons (Fsp3) is 0.320. The summed E-state index contributed by atoms with van der Waals surface area (Å²) in [5, 5.41) is 7.56. The van der Waals surface area contributed by atoms with E-state index in [0.717, 1.165) is 23.5 Å². The first-order chi connectivity index (χ1) is 17.7. The molecule has 3 heterocycles. The van der Waals surface area contributed by atoms with Crippen molar-refractivity contribution in [3.63, 3.8) is 0 Å². The molecule has 0 saturated heterocycles. The number of methoxy groups -OCH3 is 2. The molecule has 10 nitrogen and oxygen atoms in total. The van der Waals surface area contributed by atoms with Gasteiger partial charge in [0.2, 0.25) is 0 Å². The van der Waals surface area contributed by atoms with Crippen molar-refractivity contribution in [2.24, 2.45) is 0 Å². The van der Waals surface area contributed by atoms with Crippen LogP contribution in [0.1, 0.15) is 35.8 Å². The Labute approximate surface area is 214 Å². The summed E-state index contributed by atoms with van der Waals surface area (Å²) in [4.78, 5) is 12.1. The van der Waals surface area contributed by atoms with E-state index in [1.54, 1.807) is 30.1 Å². The van der Waals surface area contributed by atoms with E-state index in [0.29, 0.717) is 22.8 Å². The van der Waals surface area contributed by atoms with Crippen LogP contribution in [0.4, 0.5) is 4.39 Å². The largest absolute Gasteiger partial charge is 0.495 e. The van der Waals surface area contributed by atoms with Crippen LogP contribution in [0.5, 0.6) is 5.75 Å². The number of aryl methyl sites for hydroxylation is 2. The number of hydrogen-bond acceptors (Lipinski definition) is 9. The average molecular weight is 527 g/mol. The Morgan fingerprint density at radius 1 is 1.05 bits per heavy atom. The van der Waals surface area contributed by atoms with E-state index < -0.39 is 32.8 Å². The van der Waals surface area contributed by atoms with Crippen LogP contribution >= 0.6 is 0 Å². The van der Waals surface area contributed by atoms with Gasteiger partial charge in [-0.1, -0.05) is 12.1 Å². The molecule has 0 unspecified atom stereocenters. The lowest BCUT2D eigenvalue weighted by Gasteiger charge is -2.22. The highest BCUT2D eigenvalue weighted by Gasteiger charge is 2.35. The quantitative estimate of drug-likeness (QED) is 0.322. The average Bonchev–Trinajstić information content (AvgIpc) is 3.27. The Balaban J connectivity index is 1.82. The number of rotatable bonds is 9. The molecule has 0 N–H and O–H groups in total. The molecule has 4 aromatic rings. The molecule has 0 aliphatic heterocycles. The van der Waals surface area contributed by atoms with E-state index in [9.17, 15) is 12.8 Å². The van der Waals surface area contributed by atoms with Gasteiger partial charge in [0.1, 0.15) is 17.6 Å². The minimum absolute atomic E-state index is 0.0635. The third-order valence-electron chi connectivity index (χ3n) is 5.98. The maximum Gasteiger partial charge on any atom is 0.170 e. The highest BCUT2D eigenvalue weighted by molar-refractivity contribution is 7.91. The van der Waals surface area contributed by atoms with E-state index in [4.69, 9.17) is 9.47 Å². The minimum atomic E-state index is -3.90. The van der Waals surface area contributed by atoms with Crippen molar-refractivity contribution in [1.82, 2.24) is 29.7 Å². The fourth-order valence-electron chi connectivity index (χ4n) is 4.07.